The molecule has 8 nitrogen and oxygen atoms in total. The zero-order chi connectivity index (χ0) is 21.3. The monoisotopic (exact) mass is 434 g/mol. The molecule has 158 valence electrons. The zero-order valence-electron chi connectivity index (χ0n) is 17.4. The molecule has 2 amide bonds. The van der Waals surface area contributed by atoms with Crippen molar-refractivity contribution >= 4 is 18.2 Å². The van der Waals surface area contributed by atoms with Gasteiger partial charge in [0.1, 0.15) is 13.2 Å². The predicted octanol–water partition coefficient (Wildman–Crippen LogP) is -1.21. The van der Waals surface area contributed by atoms with Crippen LogP contribution in [0.4, 0.5) is 9.59 Å². The minimum Gasteiger partial charge on any atom is -0.548 e. The van der Waals surface area contributed by atoms with E-state index in [0.29, 0.717) is 13.0 Å². The van der Waals surface area contributed by atoms with Gasteiger partial charge < -0.3 is 24.3 Å². The van der Waals surface area contributed by atoms with Crippen LogP contribution in [0.25, 0.3) is 0 Å². The van der Waals surface area contributed by atoms with E-state index in [-0.39, 0.29) is 49.3 Å². The third-order valence-corrected chi connectivity index (χ3v) is 4.81. The van der Waals surface area contributed by atoms with Crippen molar-refractivity contribution < 1.29 is 58.5 Å². The predicted molar refractivity (Wildman–Crippen MR) is 105 cm³/mol. The van der Waals surface area contributed by atoms with Crippen LogP contribution in [-0.2, 0) is 27.5 Å². The van der Waals surface area contributed by atoms with E-state index in [1.54, 1.807) is 12.1 Å². The maximum absolute atomic E-state index is 12.5. The maximum Gasteiger partial charge on any atom is 1.00 e. The second-order valence-corrected chi connectivity index (χ2v) is 6.97. The average molecular weight is 434 g/mol. The molecule has 1 atom stereocenters. The van der Waals surface area contributed by atoms with Gasteiger partial charge in [0.15, 0.2) is 0 Å². The van der Waals surface area contributed by atoms with E-state index in [0.717, 1.165) is 16.0 Å². The first kappa shape index (κ1) is 24.7. The van der Waals surface area contributed by atoms with Gasteiger partial charge in [0.25, 0.3) is 0 Å². The van der Waals surface area contributed by atoms with E-state index in [9.17, 15) is 19.5 Å². The summed E-state index contributed by atoms with van der Waals surface area (Å²) in [6, 6.07) is 17.9. The molecule has 1 heterocycles. The maximum atomic E-state index is 12.5. The number of carboxylic acids is 1. The first-order valence-electron chi connectivity index (χ1n) is 9.65. The molecule has 0 N–H and O–H groups in total. The largest absolute Gasteiger partial charge is 1.00 e. The fraction of sp³-hybridized carbons (Fsp3) is 0.318. The Morgan fingerprint density at radius 3 is 2.03 bits per heavy atom. The van der Waals surface area contributed by atoms with Gasteiger partial charge in [-0.1, -0.05) is 60.7 Å². The summed E-state index contributed by atoms with van der Waals surface area (Å²) in [5, 5.41) is 11.2. The Labute approximate surface area is 203 Å². The smallest absolute Gasteiger partial charge is 0.548 e. The number of carboxylic acid groups (broad SMARTS) is 1. The first-order chi connectivity index (χ1) is 14.5. The Morgan fingerprint density at radius 1 is 0.935 bits per heavy atom. The van der Waals surface area contributed by atoms with Crippen LogP contribution >= 0.6 is 0 Å². The number of ether oxygens (including phenoxy) is 2. The van der Waals surface area contributed by atoms with Gasteiger partial charge in [0, 0.05) is 13.1 Å². The molecule has 0 bridgehead atoms. The quantitative estimate of drug-likeness (QED) is 0.507. The molecule has 0 aromatic heterocycles. The number of hydrogen-bond acceptors (Lipinski definition) is 6. The van der Waals surface area contributed by atoms with Crippen LogP contribution in [0.3, 0.4) is 0 Å². The molecule has 2 aromatic carbocycles. The van der Waals surface area contributed by atoms with E-state index in [1.165, 1.54) is 4.90 Å². The normalized spacial score (nSPS) is 15.0. The first-order valence-corrected chi connectivity index (χ1v) is 9.65. The van der Waals surface area contributed by atoms with Gasteiger partial charge in [-0.15, -0.1) is 0 Å². The van der Waals surface area contributed by atoms with Crippen LogP contribution < -0.4 is 34.7 Å². The molecule has 31 heavy (non-hydrogen) atoms. The fourth-order valence-corrected chi connectivity index (χ4v) is 3.26. The molecule has 1 saturated heterocycles. The molecule has 3 rings (SSSR count). The second kappa shape index (κ2) is 12.3. The minimum atomic E-state index is -1.39. The number of benzene rings is 2. The number of carbonyl (C=O) groups excluding carboxylic acids is 3. The van der Waals surface area contributed by atoms with Gasteiger partial charge in [-0.2, -0.15) is 0 Å². The molecule has 0 unspecified atom stereocenters. The van der Waals surface area contributed by atoms with Crippen molar-refractivity contribution in [3.63, 3.8) is 0 Å². The molecule has 1 fully saturated rings. The average Bonchev–Trinajstić information content (AvgIpc) is 3.25. The number of aliphatic carboxylic acids is 1. The van der Waals surface area contributed by atoms with Crippen LogP contribution in [0.5, 0.6) is 0 Å². The molecular weight excluding hydrogens is 411 g/mol. The van der Waals surface area contributed by atoms with Crippen LogP contribution in [0.15, 0.2) is 60.7 Å². The van der Waals surface area contributed by atoms with Crippen LogP contribution in [0, 0.1) is 0 Å². The van der Waals surface area contributed by atoms with E-state index in [2.05, 4.69) is 0 Å². The standard InChI is InChI=1S/C22H24N2O6.Na/c25-20(26)14-24(22(28)30-16-18-9-5-2-6-10-18)19-11-12-23(13-19)21(27)29-15-17-7-3-1-4-8-17;/h1-10,19H,11-16H2,(H,25,26);/q;+1/p-1/t19-;/m1./s1. The minimum absolute atomic E-state index is 0. The molecule has 0 radical (unpaired) electrons. The van der Waals surface area contributed by atoms with Crippen molar-refractivity contribution in [3.05, 3.63) is 71.8 Å². The summed E-state index contributed by atoms with van der Waals surface area (Å²) in [7, 11) is 0. The van der Waals surface area contributed by atoms with E-state index < -0.39 is 30.7 Å². The summed E-state index contributed by atoms with van der Waals surface area (Å²) < 4.78 is 10.6. The second-order valence-electron chi connectivity index (χ2n) is 6.97. The Morgan fingerprint density at radius 2 is 1.48 bits per heavy atom. The topological polar surface area (TPSA) is 99.2 Å². The van der Waals surface area contributed by atoms with Gasteiger partial charge in [-0.3, -0.25) is 4.90 Å². The van der Waals surface area contributed by atoms with Crippen molar-refractivity contribution in [1.82, 2.24) is 9.80 Å². The van der Waals surface area contributed by atoms with Gasteiger partial charge in [0.05, 0.1) is 18.6 Å². The molecule has 0 saturated carbocycles. The fourth-order valence-electron chi connectivity index (χ4n) is 3.26. The molecule has 2 aromatic rings. The molecule has 0 aliphatic carbocycles. The Balaban J connectivity index is 0.00000341. The van der Waals surface area contributed by atoms with Crippen LogP contribution in [0.2, 0.25) is 0 Å². The van der Waals surface area contributed by atoms with Crippen LogP contribution in [-0.4, -0.2) is 53.6 Å². The van der Waals surface area contributed by atoms with E-state index in [4.69, 9.17) is 9.47 Å². The number of rotatable bonds is 7. The summed E-state index contributed by atoms with van der Waals surface area (Å²) in [6.45, 7) is 0.0851. The number of hydrogen-bond donors (Lipinski definition) is 0. The van der Waals surface area contributed by atoms with E-state index in [1.807, 2.05) is 48.5 Å². The number of carbonyl (C=O) groups is 3. The Bertz CT molecular complexity index is 865. The number of amides is 2. The van der Waals surface area contributed by atoms with Crippen molar-refractivity contribution in [3.8, 4) is 0 Å². The van der Waals surface area contributed by atoms with Gasteiger partial charge in [0.2, 0.25) is 0 Å². The third kappa shape index (κ3) is 7.57. The van der Waals surface area contributed by atoms with Crippen molar-refractivity contribution in [2.45, 2.75) is 25.7 Å². The van der Waals surface area contributed by atoms with Gasteiger partial charge >= 0.3 is 41.7 Å². The Hall–Kier alpha value is -2.55. The number of likely N-dealkylation sites (tertiary alicyclic amines) is 1. The summed E-state index contributed by atoms with van der Waals surface area (Å²) >= 11 is 0. The SMILES string of the molecule is O=C([O-])CN(C(=O)OCc1ccccc1)[C@@H]1CCN(C(=O)OCc2ccccc2)C1.[Na+]. The molecular formula is C22H23N2NaO6. The zero-order valence-corrected chi connectivity index (χ0v) is 19.4. The Kier molecular flexibility index (Phi) is 9.84. The van der Waals surface area contributed by atoms with E-state index >= 15 is 0 Å². The summed E-state index contributed by atoms with van der Waals surface area (Å²) in [6.07, 6.45) is -0.839. The molecule has 9 heteroatoms. The molecule has 1 aliphatic rings. The summed E-state index contributed by atoms with van der Waals surface area (Å²) in [5.74, 6) is -1.39. The summed E-state index contributed by atoms with van der Waals surface area (Å²) in [4.78, 5) is 38.5. The molecule has 1 aliphatic heterocycles. The van der Waals surface area contributed by atoms with Crippen LogP contribution in [0.1, 0.15) is 17.5 Å². The van der Waals surface area contributed by atoms with Crippen molar-refractivity contribution in [2.24, 2.45) is 0 Å². The third-order valence-electron chi connectivity index (χ3n) is 4.81. The molecule has 0 spiro atoms. The summed E-state index contributed by atoms with van der Waals surface area (Å²) in [5.41, 5.74) is 1.65. The van der Waals surface area contributed by atoms with Crippen molar-refractivity contribution in [2.75, 3.05) is 19.6 Å². The van der Waals surface area contributed by atoms with Gasteiger partial charge in [-0.25, -0.2) is 9.59 Å². The van der Waals surface area contributed by atoms with Gasteiger partial charge in [-0.05, 0) is 17.5 Å². The van der Waals surface area contributed by atoms with Crippen molar-refractivity contribution in [1.29, 1.82) is 0 Å². The number of nitrogens with zero attached hydrogens (tertiary/aromatic N) is 2.